The van der Waals surface area contributed by atoms with Crippen molar-refractivity contribution in [1.82, 2.24) is 14.8 Å². The number of nitrogens with zero attached hydrogens (tertiary/aromatic N) is 3. The van der Waals surface area contributed by atoms with Gasteiger partial charge in [0.05, 0.1) is 6.54 Å². The maximum absolute atomic E-state index is 10.9. The highest BCUT2D eigenvalue weighted by molar-refractivity contribution is 5.50. The van der Waals surface area contributed by atoms with Crippen molar-refractivity contribution in [2.45, 2.75) is 6.54 Å². The fraction of sp³-hybridized carbons (Fsp3) is 0.273. The van der Waals surface area contributed by atoms with Crippen LogP contribution in [0.2, 0.25) is 0 Å². The van der Waals surface area contributed by atoms with Crippen LogP contribution in [0.4, 0.5) is 0 Å². The van der Waals surface area contributed by atoms with Gasteiger partial charge in [0.25, 0.3) is 0 Å². The average Bonchev–Trinajstić information content (AvgIpc) is 2.26. The molecular weight excluding hydrogens is 190 g/mol. The SMILES string of the molecule is C=C(N(C)C)N(C=O)Cc1cccnc1. The quantitative estimate of drug-likeness (QED) is 0.675. The van der Waals surface area contributed by atoms with Crippen molar-refractivity contribution in [3.8, 4) is 0 Å². The summed E-state index contributed by atoms with van der Waals surface area (Å²) in [6.07, 6.45) is 4.21. The van der Waals surface area contributed by atoms with Crippen LogP contribution in [0.1, 0.15) is 5.56 Å². The monoisotopic (exact) mass is 205 g/mol. The molecule has 0 saturated carbocycles. The summed E-state index contributed by atoms with van der Waals surface area (Å²) in [6, 6.07) is 3.77. The first-order valence-electron chi connectivity index (χ1n) is 4.62. The van der Waals surface area contributed by atoms with Crippen LogP contribution in [-0.2, 0) is 11.3 Å². The van der Waals surface area contributed by atoms with Crippen molar-refractivity contribution < 1.29 is 4.79 Å². The summed E-state index contributed by atoms with van der Waals surface area (Å²) in [7, 11) is 3.70. The summed E-state index contributed by atoms with van der Waals surface area (Å²) >= 11 is 0. The van der Waals surface area contributed by atoms with Crippen LogP contribution in [0, 0.1) is 0 Å². The molecule has 0 N–H and O–H groups in total. The van der Waals surface area contributed by atoms with Crippen LogP contribution < -0.4 is 0 Å². The zero-order valence-electron chi connectivity index (χ0n) is 9.05. The Morgan fingerprint density at radius 1 is 1.60 bits per heavy atom. The van der Waals surface area contributed by atoms with Crippen molar-refractivity contribution in [3.05, 3.63) is 42.5 Å². The van der Waals surface area contributed by atoms with Crippen LogP contribution in [0.3, 0.4) is 0 Å². The second-order valence-corrected chi connectivity index (χ2v) is 3.41. The van der Waals surface area contributed by atoms with E-state index in [4.69, 9.17) is 0 Å². The molecule has 0 unspecified atom stereocenters. The van der Waals surface area contributed by atoms with Gasteiger partial charge in [0.2, 0.25) is 6.41 Å². The standard InChI is InChI=1S/C11H15N3O/c1-10(13(2)3)14(9-15)8-11-5-4-6-12-7-11/h4-7,9H,1,8H2,2-3H3. The van der Waals surface area contributed by atoms with E-state index in [9.17, 15) is 4.79 Å². The van der Waals surface area contributed by atoms with Crippen LogP contribution in [0.5, 0.6) is 0 Å². The Morgan fingerprint density at radius 2 is 2.33 bits per heavy atom. The molecule has 0 aliphatic heterocycles. The highest BCUT2D eigenvalue weighted by Gasteiger charge is 2.08. The number of rotatable bonds is 5. The number of aromatic nitrogens is 1. The van der Waals surface area contributed by atoms with Gasteiger partial charge in [-0.2, -0.15) is 0 Å². The molecule has 0 spiro atoms. The van der Waals surface area contributed by atoms with E-state index >= 15 is 0 Å². The fourth-order valence-electron chi connectivity index (χ4n) is 1.13. The number of carbonyl (C=O) groups is 1. The smallest absolute Gasteiger partial charge is 0.215 e. The van der Waals surface area contributed by atoms with Gasteiger partial charge < -0.3 is 4.90 Å². The van der Waals surface area contributed by atoms with Crippen molar-refractivity contribution in [1.29, 1.82) is 0 Å². The third-order valence-electron chi connectivity index (χ3n) is 2.05. The molecule has 0 aromatic carbocycles. The molecule has 80 valence electrons. The van der Waals surface area contributed by atoms with E-state index < -0.39 is 0 Å². The second-order valence-electron chi connectivity index (χ2n) is 3.41. The lowest BCUT2D eigenvalue weighted by Gasteiger charge is -2.25. The van der Waals surface area contributed by atoms with Gasteiger partial charge in [0.1, 0.15) is 5.82 Å². The Labute approximate surface area is 89.8 Å². The predicted molar refractivity (Wildman–Crippen MR) is 58.7 cm³/mol. The van der Waals surface area contributed by atoms with Gasteiger partial charge in [-0.25, -0.2) is 0 Å². The Kier molecular flexibility index (Phi) is 3.85. The van der Waals surface area contributed by atoms with Crippen molar-refractivity contribution in [2.75, 3.05) is 14.1 Å². The van der Waals surface area contributed by atoms with E-state index in [0.29, 0.717) is 12.4 Å². The third kappa shape index (κ3) is 3.09. The molecule has 0 fully saturated rings. The zero-order valence-corrected chi connectivity index (χ0v) is 9.05. The highest BCUT2D eigenvalue weighted by Crippen LogP contribution is 2.07. The molecule has 4 heteroatoms. The Balaban J connectivity index is 2.70. The van der Waals surface area contributed by atoms with Gasteiger partial charge in [-0.15, -0.1) is 0 Å². The molecule has 1 aromatic heterocycles. The van der Waals surface area contributed by atoms with Gasteiger partial charge in [0, 0.05) is 26.5 Å². The largest absolute Gasteiger partial charge is 0.365 e. The molecule has 0 saturated heterocycles. The molecule has 1 heterocycles. The molecule has 15 heavy (non-hydrogen) atoms. The van der Waals surface area contributed by atoms with Crippen LogP contribution >= 0.6 is 0 Å². The minimum atomic E-state index is 0.494. The van der Waals surface area contributed by atoms with E-state index in [2.05, 4.69) is 11.6 Å². The van der Waals surface area contributed by atoms with E-state index in [1.54, 1.807) is 17.3 Å². The number of pyridine rings is 1. The Morgan fingerprint density at radius 3 is 2.80 bits per heavy atom. The molecule has 0 aliphatic rings. The maximum atomic E-state index is 10.9. The lowest BCUT2D eigenvalue weighted by Crippen LogP contribution is -2.28. The van der Waals surface area contributed by atoms with Gasteiger partial charge in [0.15, 0.2) is 0 Å². The van der Waals surface area contributed by atoms with Gasteiger partial charge >= 0.3 is 0 Å². The number of hydrogen-bond donors (Lipinski definition) is 0. The average molecular weight is 205 g/mol. The minimum Gasteiger partial charge on any atom is -0.365 e. The van der Waals surface area contributed by atoms with E-state index in [-0.39, 0.29) is 0 Å². The molecule has 1 aromatic rings. The molecule has 0 radical (unpaired) electrons. The number of hydrogen-bond acceptors (Lipinski definition) is 3. The summed E-state index contributed by atoms with van der Waals surface area (Å²) in [5.74, 6) is 0.661. The number of amides is 1. The molecule has 0 bridgehead atoms. The lowest BCUT2D eigenvalue weighted by molar-refractivity contribution is -0.117. The Bertz CT molecular complexity index is 335. The number of carbonyl (C=O) groups excluding carboxylic acids is 1. The molecule has 4 nitrogen and oxygen atoms in total. The predicted octanol–water partition coefficient (Wildman–Crippen LogP) is 1.07. The zero-order chi connectivity index (χ0) is 11.3. The molecule has 1 rings (SSSR count). The molecule has 0 atom stereocenters. The van der Waals surface area contributed by atoms with E-state index in [1.807, 2.05) is 26.2 Å². The van der Waals surface area contributed by atoms with Gasteiger partial charge in [-0.1, -0.05) is 12.6 Å². The van der Waals surface area contributed by atoms with Crippen LogP contribution in [-0.4, -0.2) is 35.3 Å². The van der Waals surface area contributed by atoms with Crippen LogP contribution in [0.25, 0.3) is 0 Å². The van der Waals surface area contributed by atoms with Crippen molar-refractivity contribution >= 4 is 6.41 Å². The van der Waals surface area contributed by atoms with Crippen molar-refractivity contribution in [2.24, 2.45) is 0 Å². The topological polar surface area (TPSA) is 36.4 Å². The highest BCUT2D eigenvalue weighted by atomic mass is 16.1. The third-order valence-corrected chi connectivity index (χ3v) is 2.05. The first-order valence-corrected chi connectivity index (χ1v) is 4.62. The van der Waals surface area contributed by atoms with E-state index in [0.717, 1.165) is 12.0 Å². The summed E-state index contributed by atoms with van der Waals surface area (Å²) in [6.45, 7) is 4.32. The summed E-state index contributed by atoms with van der Waals surface area (Å²) in [5.41, 5.74) is 0.979. The van der Waals surface area contributed by atoms with Gasteiger partial charge in [-0.3, -0.25) is 14.7 Å². The summed E-state index contributed by atoms with van der Waals surface area (Å²) < 4.78 is 0. The minimum absolute atomic E-state index is 0.494. The molecular formula is C11H15N3O. The van der Waals surface area contributed by atoms with Crippen LogP contribution in [0.15, 0.2) is 36.9 Å². The molecule has 0 aliphatic carbocycles. The van der Waals surface area contributed by atoms with Gasteiger partial charge in [-0.05, 0) is 11.6 Å². The molecule has 1 amide bonds. The Hall–Kier alpha value is -1.84. The summed E-state index contributed by atoms with van der Waals surface area (Å²) in [5, 5.41) is 0. The first-order chi connectivity index (χ1) is 7.15. The fourth-order valence-corrected chi connectivity index (χ4v) is 1.13. The van der Waals surface area contributed by atoms with Crippen molar-refractivity contribution in [3.63, 3.8) is 0 Å². The maximum Gasteiger partial charge on any atom is 0.215 e. The summed E-state index contributed by atoms with van der Waals surface area (Å²) in [4.78, 5) is 18.2. The normalized spacial score (nSPS) is 9.47. The second kappa shape index (κ2) is 5.14. The van der Waals surface area contributed by atoms with E-state index in [1.165, 1.54) is 4.90 Å². The lowest BCUT2D eigenvalue weighted by atomic mass is 10.3. The first kappa shape index (κ1) is 11.2.